The highest BCUT2D eigenvalue weighted by molar-refractivity contribution is 4.86. The minimum absolute atomic E-state index is 0.0966. The van der Waals surface area contributed by atoms with E-state index in [2.05, 4.69) is 5.32 Å². The molecule has 0 spiro atoms. The third-order valence-corrected chi connectivity index (χ3v) is 1.60. The molecule has 1 aliphatic rings. The molecule has 0 radical (unpaired) electrons. The lowest BCUT2D eigenvalue weighted by Gasteiger charge is -2.32. The van der Waals surface area contributed by atoms with Crippen molar-refractivity contribution in [1.82, 2.24) is 5.32 Å². The molecule has 60 valence electrons. The van der Waals surface area contributed by atoms with Crippen LogP contribution in [0, 0.1) is 0 Å². The number of hydrogen-bond acceptors (Lipinski definition) is 5. The topological polar surface area (TPSA) is 93.0 Å². The lowest BCUT2D eigenvalue weighted by atomic mass is 10.0. The molecular formula is C5H11NO4. The molecule has 1 saturated heterocycles. The van der Waals surface area contributed by atoms with Gasteiger partial charge in [-0.25, -0.2) is 0 Å². The monoisotopic (exact) mass is 149 g/mol. The van der Waals surface area contributed by atoms with E-state index in [1.807, 2.05) is 0 Å². The van der Waals surface area contributed by atoms with Crippen LogP contribution in [0.1, 0.15) is 0 Å². The van der Waals surface area contributed by atoms with Crippen molar-refractivity contribution in [3.63, 3.8) is 0 Å². The van der Waals surface area contributed by atoms with E-state index in [1.165, 1.54) is 0 Å². The summed E-state index contributed by atoms with van der Waals surface area (Å²) in [7, 11) is 0. The van der Waals surface area contributed by atoms with Crippen molar-refractivity contribution in [2.24, 2.45) is 0 Å². The molecule has 0 saturated carbocycles. The van der Waals surface area contributed by atoms with E-state index in [0.717, 1.165) is 0 Å². The second-order valence-corrected chi connectivity index (χ2v) is 2.40. The first-order valence-corrected chi connectivity index (χ1v) is 3.08. The van der Waals surface area contributed by atoms with Gasteiger partial charge in [0, 0.05) is 6.54 Å². The minimum Gasteiger partial charge on any atom is -0.389 e. The maximum absolute atomic E-state index is 8.92. The lowest BCUT2D eigenvalue weighted by molar-refractivity contribution is -0.139. The van der Waals surface area contributed by atoms with Gasteiger partial charge in [0.2, 0.25) is 0 Å². The molecule has 0 aromatic heterocycles. The Labute approximate surface area is 57.9 Å². The van der Waals surface area contributed by atoms with E-state index < -0.39 is 24.5 Å². The lowest BCUT2D eigenvalue weighted by Crippen LogP contribution is -2.59. The van der Waals surface area contributed by atoms with Crippen LogP contribution < -0.4 is 5.32 Å². The standard InChI is InChI=1S/C5H11NO4/c7-2-1-6-5(10)4(9)3(2)8/h2-10H,1H2/t2-,3+,4-,5+/m0/s1. The van der Waals surface area contributed by atoms with E-state index >= 15 is 0 Å². The van der Waals surface area contributed by atoms with Gasteiger partial charge in [-0.1, -0.05) is 0 Å². The summed E-state index contributed by atoms with van der Waals surface area (Å²) >= 11 is 0. The average molecular weight is 149 g/mol. The summed E-state index contributed by atoms with van der Waals surface area (Å²) in [6, 6.07) is 0. The first-order valence-electron chi connectivity index (χ1n) is 3.08. The number of aliphatic hydroxyl groups excluding tert-OH is 4. The molecule has 4 atom stereocenters. The molecule has 1 fully saturated rings. The van der Waals surface area contributed by atoms with Gasteiger partial charge in [-0.3, -0.25) is 5.32 Å². The first kappa shape index (κ1) is 7.90. The summed E-state index contributed by atoms with van der Waals surface area (Å²) in [4.78, 5) is 0. The van der Waals surface area contributed by atoms with E-state index in [0.29, 0.717) is 0 Å². The van der Waals surface area contributed by atoms with Crippen molar-refractivity contribution in [1.29, 1.82) is 0 Å². The Balaban J connectivity index is 2.52. The quantitative estimate of drug-likeness (QED) is 0.253. The molecule has 0 aliphatic carbocycles. The smallest absolute Gasteiger partial charge is 0.133 e. The fourth-order valence-corrected chi connectivity index (χ4v) is 0.897. The van der Waals surface area contributed by atoms with Crippen LogP contribution in [-0.4, -0.2) is 51.5 Å². The molecule has 0 unspecified atom stereocenters. The van der Waals surface area contributed by atoms with Crippen molar-refractivity contribution in [3.8, 4) is 0 Å². The van der Waals surface area contributed by atoms with Crippen molar-refractivity contribution in [2.75, 3.05) is 6.54 Å². The van der Waals surface area contributed by atoms with Crippen LogP contribution in [-0.2, 0) is 0 Å². The van der Waals surface area contributed by atoms with Gasteiger partial charge >= 0.3 is 0 Å². The van der Waals surface area contributed by atoms with Crippen LogP contribution in [0.4, 0.5) is 0 Å². The first-order chi connectivity index (χ1) is 4.63. The zero-order chi connectivity index (χ0) is 7.72. The molecule has 0 bridgehead atoms. The molecule has 0 amide bonds. The summed E-state index contributed by atoms with van der Waals surface area (Å²) in [5, 5.41) is 37.9. The molecule has 5 heteroatoms. The summed E-state index contributed by atoms with van der Waals surface area (Å²) in [5.41, 5.74) is 0. The zero-order valence-corrected chi connectivity index (χ0v) is 5.31. The molecular weight excluding hydrogens is 138 g/mol. The van der Waals surface area contributed by atoms with Gasteiger partial charge < -0.3 is 20.4 Å². The zero-order valence-electron chi connectivity index (χ0n) is 5.31. The van der Waals surface area contributed by atoms with Gasteiger partial charge in [-0.2, -0.15) is 0 Å². The third-order valence-electron chi connectivity index (χ3n) is 1.60. The van der Waals surface area contributed by atoms with Crippen molar-refractivity contribution in [2.45, 2.75) is 24.5 Å². The predicted octanol–water partition coefficient (Wildman–Crippen LogP) is -3.01. The Bertz CT molecular complexity index is 106. The fraction of sp³-hybridized carbons (Fsp3) is 1.00. The van der Waals surface area contributed by atoms with E-state index in [-0.39, 0.29) is 6.54 Å². The summed E-state index contributed by atoms with van der Waals surface area (Å²) in [5.74, 6) is 0. The fourth-order valence-electron chi connectivity index (χ4n) is 0.897. The molecule has 0 aromatic carbocycles. The molecule has 0 aromatic rings. The van der Waals surface area contributed by atoms with Gasteiger partial charge in [0.15, 0.2) is 0 Å². The maximum Gasteiger partial charge on any atom is 0.133 e. The molecule has 5 N–H and O–H groups in total. The number of aliphatic hydroxyl groups is 4. The van der Waals surface area contributed by atoms with Crippen LogP contribution in [0.15, 0.2) is 0 Å². The normalized spacial score (nSPS) is 49.2. The molecule has 1 aliphatic heterocycles. The van der Waals surface area contributed by atoms with Gasteiger partial charge in [-0.15, -0.1) is 0 Å². The van der Waals surface area contributed by atoms with Crippen LogP contribution in [0.25, 0.3) is 0 Å². The molecule has 1 rings (SSSR count). The molecule has 5 nitrogen and oxygen atoms in total. The minimum atomic E-state index is -1.30. The van der Waals surface area contributed by atoms with Gasteiger partial charge in [0.25, 0.3) is 0 Å². The molecule has 1 heterocycles. The van der Waals surface area contributed by atoms with Gasteiger partial charge in [-0.05, 0) is 0 Å². The van der Waals surface area contributed by atoms with Crippen LogP contribution in [0.2, 0.25) is 0 Å². The largest absolute Gasteiger partial charge is 0.389 e. The molecule has 10 heavy (non-hydrogen) atoms. The SMILES string of the molecule is O[C@H]1[C@H](O)[C@@H](O)NC[C@@H]1O. The Hall–Kier alpha value is -0.200. The predicted molar refractivity (Wildman–Crippen MR) is 32.0 cm³/mol. The van der Waals surface area contributed by atoms with Crippen LogP contribution in [0.3, 0.4) is 0 Å². The number of piperidine rings is 1. The number of hydrogen-bond donors (Lipinski definition) is 5. The maximum atomic E-state index is 8.92. The van der Waals surface area contributed by atoms with E-state index in [1.54, 1.807) is 0 Å². The van der Waals surface area contributed by atoms with Crippen molar-refractivity contribution < 1.29 is 20.4 Å². The Kier molecular flexibility index (Phi) is 2.22. The summed E-state index contributed by atoms with van der Waals surface area (Å²) in [6.07, 6.45) is -4.70. The second-order valence-electron chi connectivity index (χ2n) is 2.40. The number of nitrogens with one attached hydrogen (secondary N) is 1. The highest BCUT2D eigenvalue weighted by atomic mass is 16.4. The Morgan fingerprint density at radius 3 is 2.10 bits per heavy atom. The van der Waals surface area contributed by atoms with Crippen molar-refractivity contribution in [3.05, 3.63) is 0 Å². The third kappa shape index (κ3) is 1.28. The van der Waals surface area contributed by atoms with E-state index in [4.69, 9.17) is 20.4 Å². The van der Waals surface area contributed by atoms with Crippen LogP contribution in [0.5, 0.6) is 0 Å². The summed E-state index contributed by atoms with van der Waals surface area (Å²) in [6.45, 7) is 0.0966. The van der Waals surface area contributed by atoms with Gasteiger partial charge in [0.1, 0.15) is 18.4 Å². The Morgan fingerprint density at radius 2 is 1.60 bits per heavy atom. The second kappa shape index (κ2) is 2.81. The van der Waals surface area contributed by atoms with Crippen LogP contribution >= 0.6 is 0 Å². The highest BCUT2D eigenvalue weighted by Gasteiger charge is 2.34. The number of β-amino-alcohol motifs (C(OH)–C–C–N with tert-alkyl or cyclic N) is 1. The highest BCUT2D eigenvalue weighted by Crippen LogP contribution is 2.07. The summed E-state index contributed by atoms with van der Waals surface area (Å²) < 4.78 is 0. The Morgan fingerprint density at radius 1 is 1.00 bits per heavy atom. The number of rotatable bonds is 0. The van der Waals surface area contributed by atoms with E-state index in [9.17, 15) is 0 Å². The van der Waals surface area contributed by atoms with Crippen molar-refractivity contribution >= 4 is 0 Å². The van der Waals surface area contributed by atoms with Gasteiger partial charge in [0.05, 0.1) is 6.10 Å². The average Bonchev–Trinajstić information content (AvgIpc) is 1.93.